The van der Waals surface area contributed by atoms with Gasteiger partial charge in [0.25, 0.3) is 0 Å². The molecule has 1 aliphatic carbocycles. The number of Topliss-reactive ketones (excluding diaryl/α,β-unsaturated/α-hetero) is 1. The first-order chi connectivity index (χ1) is 16.4. The van der Waals surface area contributed by atoms with E-state index < -0.39 is 11.9 Å². The summed E-state index contributed by atoms with van der Waals surface area (Å²) in [5.41, 5.74) is 11.1. The molecule has 3 heterocycles. The number of pyridine rings is 2. The van der Waals surface area contributed by atoms with Crippen molar-refractivity contribution in [3.63, 3.8) is 0 Å². The van der Waals surface area contributed by atoms with Gasteiger partial charge in [-0.25, -0.2) is 9.78 Å². The average Bonchev–Trinajstić information content (AvgIpc) is 2.83. The molecule has 1 aromatic carbocycles. The number of nitrogens with two attached hydrogens (primary N) is 1. The number of aryl methyl sites for hydroxylation is 1. The largest absolute Gasteiger partial charge is 0.466 e. The van der Waals surface area contributed by atoms with Crippen LogP contribution in [0.2, 0.25) is 5.15 Å². The van der Waals surface area contributed by atoms with Crippen LogP contribution in [0.3, 0.4) is 0 Å². The zero-order chi connectivity index (χ0) is 24.0. The minimum Gasteiger partial charge on any atom is -0.466 e. The van der Waals surface area contributed by atoms with Crippen LogP contribution in [0.5, 0.6) is 0 Å². The fourth-order valence-electron chi connectivity index (χ4n) is 4.88. The number of hydrogen-bond acceptors (Lipinski definition) is 7. The monoisotopic (exact) mass is 474 g/mol. The topological polar surface area (TPSA) is 98.4 Å². The van der Waals surface area contributed by atoms with E-state index >= 15 is 0 Å². The highest BCUT2D eigenvalue weighted by molar-refractivity contribution is 6.31. The zero-order valence-corrected chi connectivity index (χ0v) is 19.6. The number of esters is 1. The summed E-state index contributed by atoms with van der Waals surface area (Å²) < 4.78 is 5.14. The van der Waals surface area contributed by atoms with E-state index in [9.17, 15) is 9.59 Å². The van der Waals surface area contributed by atoms with Crippen LogP contribution in [0.15, 0.2) is 71.5 Å². The van der Waals surface area contributed by atoms with Gasteiger partial charge in [-0.3, -0.25) is 14.7 Å². The van der Waals surface area contributed by atoms with Gasteiger partial charge in [0.05, 0.1) is 36.0 Å². The fourth-order valence-corrected chi connectivity index (χ4v) is 5.13. The Morgan fingerprint density at radius 2 is 2.06 bits per heavy atom. The van der Waals surface area contributed by atoms with Gasteiger partial charge in [0.15, 0.2) is 5.78 Å². The quantitative estimate of drug-likeness (QED) is 0.439. The molecule has 0 spiro atoms. The maximum Gasteiger partial charge on any atom is 0.338 e. The number of halogens is 1. The van der Waals surface area contributed by atoms with E-state index in [4.69, 9.17) is 22.1 Å². The number of fused-ring (bicyclic) bond motifs is 1. The number of aromatic nitrogens is 2. The Hall–Kier alpha value is -3.71. The smallest absolute Gasteiger partial charge is 0.338 e. The maximum absolute atomic E-state index is 13.4. The zero-order valence-electron chi connectivity index (χ0n) is 18.8. The van der Waals surface area contributed by atoms with Crippen molar-refractivity contribution >= 4 is 39.9 Å². The van der Waals surface area contributed by atoms with Crippen molar-refractivity contribution in [3.8, 4) is 0 Å². The minimum atomic E-state index is -0.784. The number of carbonyl (C=O) groups is 2. The normalized spacial score (nSPS) is 18.4. The second-order valence-electron chi connectivity index (χ2n) is 8.47. The number of ether oxygens (including phenoxy) is 1. The van der Waals surface area contributed by atoms with Crippen molar-refractivity contribution in [1.29, 1.82) is 0 Å². The van der Waals surface area contributed by atoms with Gasteiger partial charge in [0, 0.05) is 34.8 Å². The molecule has 2 N–H and O–H groups in total. The molecule has 1 unspecified atom stereocenters. The molecule has 8 heteroatoms. The third kappa shape index (κ3) is 3.53. The summed E-state index contributed by atoms with van der Waals surface area (Å²) in [7, 11) is 1.30. The Kier molecular flexibility index (Phi) is 5.57. The average molecular weight is 475 g/mol. The standard InChI is InChI=1S/C26H23ClN4O3/c1-14-8-9-18-15(11-14)12-17(24(27)30-18)21-22-19(6-3-7-20(22)32)31(16-5-4-10-29-13-16)25(28)23(21)26(33)34-2/h4-5,8-13,21H,3,6-7,28H2,1-2H3. The number of methoxy groups -OCH3 is 1. The number of carbonyl (C=O) groups excluding carboxylic acids is 2. The molecule has 172 valence electrons. The van der Waals surface area contributed by atoms with Gasteiger partial charge in [-0.15, -0.1) is 0 Å². The van der Waals surface area contributed by atoms with E-state index in [1.165, 1.54) is 7.11 Å². The van der Waals surface area contributed by atoms with Crippen LogP contribution in [0.1, 0.15) is 36.3 Å². The van der Waals surface area contributed by atoms with Crippen LogP contribution in [0, 0.1) is 6.92 Å². The first-order valence-corrected chi connectivity index (χ1v) is 11.4. The van der Waals surface area contributed by atoms with Crippen LogP contribution in [-0.2, 0) is 14.3 Å². The van der Waals surface area contributed by atoms with Crippen LogP contribution in [0.4, 0.5) is 5.69 Å². The first-order valence-electron chi connectivity index (χ1n) is 11.0. The summed E-state index contributed by atoms with van der Waals surface area (Å²) in [4.78, 5) is 37.1. The molecule has 1 aliphatic heterocycles. The number of ketones is 1. The van der Waals surface area contributed by atoms with Crippen molar-refractivity contribution < 1.29 is 14.3 Å². The lowest BCUT2D eigenvalue weighted by Crippen LogP contribution is -2.41. The Labute approximate surface area is 201 Å². The van der Waals surface area contributed by atoms with Crippen molar-refractivity contribution in [1.82, 2.24) is 9.97 Å². The summed E-state index contributed by atoms with van der Waals surface area (Å²) in [5.74, 6) is -1.26. The third-order valence-electron chi connectivity index (χ3n) is 6.36. The maximum atomic E-state index is 13.4. The summed E-state index contributed by atoms with van der Waals surface area (Å²) in [6, 6.07) is 11.4. The molecule has 2 aliphatic rings. The van der Waals surface area contributed by atoms with Gasteiger partial charge in [0.2, 0.25) is 0 Å². The van der Waals surface area contributed by atoms with E-state index in [0.717, 1.165) is 22.2 Å². The highest BCUT2D eigenvalue weighted by Crippen LogP contribution is 2.48. The molecule has 0 bridgehead atoms. The number of benzene rings is 1. The summed E-state index contributed by atoms with van der Waals surface area (Å²) in [5, 5.41) is 1.08. The van der Waals surface area contributed by atoms with Crippen molar-refractivity contribution in [2.24, 2.45) is 5.73 Å². The van der Waals surface area contributed by atoms with Gasteiger partial charge in [-0.1, -0.05) is 23.2 Å². The molecule has 0 amide bonds. The molecule has 0 saturated carbocycles. The number of anilines is 1. The molecule has 1 atom stereocenters. The number of hydrogen-bond donors (Lipinski definition) is 1. The predicted octanol–water partition coefficient (Wildman–Crippen LogP) is 4.55. The number of nitrogens with zero attached hydrogens (tertiary/aromatic N) is 3. The molecule has 34 heavy (non-hydrogen) atoms. The van der Waals surface area contributed by atoms with Gasteiger partial charge < -0.3 is 10.5 Å². The van der Waals surface area contributed by atoms with Crippen LogP contribution < -0.4 is 10.6 Å². The Bertz CT molecular complexity index is 1400. The van der Waals surface area contributed by atoms with Crippen LogP contribution in [0.25, 0.3) is 10.9 Å². The molecule has 3 aromatic rings. The van der Waals surface area contributed by atoms with Crippen LogP contribution >= 0.6 is 11.6 Å². The lowest BCUT2D eigenvalue weighted by atomic mass is 9.75. The number of allylic oxidation sites excluding steroid dienone is 2. The lowest BCUT2D eigenvalue weighted by Gasteiger charge is -2.40. The SMILES string of the molecule is COC(=O)C1=C(N)N(c2cccnc2)C2=C(C(=O)CCC2)C1c1cc2cc(C)ccc2nc1Cl. The fraction of sp³-hybridized carbons (Fsp3) is 0.231. The summed E-state index contributed by atoms with van der Waals surface area (Å²) in [6.07, 6.45) is 4.99. The second-order valence-corrected chi connectivity index (χ2v) is 8.83. The highest BCUT2D eigenvalue weighted by Gasteiger charge is 2.44. The molecule has 0 saturated heterocycles. The molecule has 0 fully saturated rings. The highest BCUT2D eigenvalue weighted by atomic mass is 35.5. The van der Waals surface area contributed by atoms with Crippen molar-refractivity contribution in [2.45, 2.75) is 32.1 Å². The van der Waals surface area contributed by atoms with Crippen molar-refractivity contribution in [3.05, 3.63) is 87.7 Å². The third-order valence-corrected chi connectivity index (χ3v) is 6.67. The van der Waals surface area contributed by atoms with E-state index in [-0.39, 0.29) is 22.3 Å². The van der Waals surface area contributed by atoms with E-state index in [1.54, 1.807) is 23.4 Å². The van der Waals surface area contributed by atoms with E-state index in [2.05, 4.69) is 9.97 Å². The van der Waals surface area contributed by atoms with Gasteiger partial charge in [-0.2, -0.15) is 0 Å². The van der Waals surface area contributed by atoms with E-state index in [0.29, 0.717) is 36.1 Å². The van der Waals surface area contributed by atoms with Crippen LogP contribution in [-0.4, -0.2) is 28.8 Å². The van der Waals surface area contributed by atoms with Crippen molar-refractivity contribution in [2.75, 3.05) is 12.0 Å². The Morgan fingerprint density at radius 1 is 1.24 bits per heavy atom. The molecule has 5 rings (SSSR count). The van der Waals surface area contributed by atoms with E-state index in [1.807, 2.05) is 37.3 Å². The molecule has 0 radical (unpaired) electrons. The first kappa shape index (κ1) is 22.1. The summed E-state index contributed by atoms with van der Waals surface area (Å²) >= 11 is 6.69. The second kappa shape index (κ2) is 8.57. The van der Waals surface area contributed by atoms with Gasteiger partial charge in [-0.05, 0) is 50.1 Å². The molecular weight excluding hydrogens is 452 g/mol. The predicted molar refractivity (Wildman–Crippen MR) is 130 cm³/mol. The van der Waals surface area contributed by atoms with Gasteiger partial charge in [0.1, 0.15) is 11.0 Å². The minimum absolute atomic E-state index is 0.0468. The lowest BCUT2D eigenvalue weighted by molar-refractivity contribution is -0.136. The molecule has 7 nitrogen and oxygen atoms in total. The summed E-state index contributed by atoms with van der Waals surface area (Å²) in [6.45, 7) is 1.99. The van der Waals surface area contributed by atoms with Gasteiger partial charge >= 0.3 is 5.97 Å². The molecule has 2 aromatic heterocycles. The Balaban J connectivity index is 1.82. The molecular formula is C26H23ClN4O3. The Morgan fingerprint density at radius 3 is 2.79 bits per heavy atom. The number of rotatable bonds is 3.